The Kier molecular flexibility index (Phi) is 10.2. The van der Waals surface area contributed by atoms with Gasteiger partial charge in [-0.25, -0.2) is 13.1 Å². The Morgan fingerprint density at radius 2 is 2.08 bits per heavy atom. The highest BCUT2D eigenvalue weighted by Gasteiger charge is 2.24. The fourth-order valence-electron chi connectivity index (χ4n) is 2.68. The minimum absolute atomic E-state index is 0. The van der Waals surface area contributed by atoms with Crippen molar-refractivity contribution in [2.24, 2.45) is 4.99 Å². The number of hydrogen-bond donors (Lipinski definition) is 3. The van der Waals surface area contributed by atoms with E-state index in [1.807, 2.05) is 18.2 Å². The lowest BCUT2D eigenvalue weighted by molar-refractivity contribution is 0.581. The van der Waals surface area contributed by atoms with Crippen molar-refractivity contribution in [1.29, 1.82) is 0 Å². The van der Waals surface area contributed by atoms with Crippen LogP contribution in [-0.4, -0.2) is 59.4 Å². The van der Waals surface area contributed by atoms with Crippen LogP contribution in [0.25, 0.3) is 0 Å². The zero-order valence-electron chi connectivity index (χ0n) is 15.0. The summed E-state index contributed by atoms with van der Waals surface area (Å²) in [5, 5.41) is 6.54. The van der Waals surface area contributed by atoms with Gasteiger partial charge in [0.05, 0.1) is 11.4 Å². The second kappa shape index (κ2) is 11.3. The topological polar surface area (TPSA) is 85.8 Å². The van der Waals surface area contributed by atoms with Crippen LogP contribution in [-0.2, 0) is 10.0 Å². The molecule has 1 aliphatic heterocycles. The molecular weight excluding hydrogens is 533 g/mol. The van der Waals surface area contributed by atoms with Gasteiger partial charge in [0.1, 0.15) is 0 Å². The fraction of sp³-hybridized carbons (Fsp3) is 0.562. The molecule has 1 aromatic rings. The molecule has 7 nitrogen and oxygen atoms in total. The molecule has 26 heavy (non-hydrogen) atoms. The monoisotopic (exact) mass is 559 g/mol. The third-order valence-electron chi connectivity index (χ3n) is 4.07. The van der Waals surface area contributed by atoms with Crippen LogP contribution in [0.3, 0.4) is 0 Å². The summed E-state index contributed by atoms with van der Waals surface area (Å²) in [7, 11) is -1.44. The molecule has 1 fully saturated rings. The van der Waals surface area contributed by atoms with Crippen molar-refractivity contribution in [3.63, 3.8) is 0 Å². The predicted octanol–water partition coefficient (Wildman–Crippen LogP) is 1.75. The van der Waals surface area contributed by atoms with E-state index in [0.717, 1.165) is 24.0 Å². The quantitative estimate of drug-likeness (QED) is 0.205. The third-order valence-corrected chi connectivity index (χ3v) is 6.14. The van der Waals surface area contributed by atoms with Gasteiger partial charge in [0.2, 0.25) is 10.0 Å². The number of aliphatic imine (C=N–C) groups is 1. The van der Waals surface area contributed by atoms with E-state index in [1.54, 1.807) is 14.0 Å². The Labute approximate surface area is 181 Å². The Morgan fingerprint density at radius 1 is 1.35 bits per heavy atom. The SMILES string of the molecule is CCS(=O)(=O)NCCNC(=NC)NC1CCN(c2ccccc2Br)C1.I. The van der Waals surface area contributed by atoms with Crippen molar-refractivity contribution in [1.82, 2.24) is 15.4 Å². The van der Waals surface area contributed by atoms with Gasteiger partial charge in [-0.1, -0.05) is 12.1 Å². The summed E-state index contributed by atoms with van der Waals surface area (Å²) in [6.07, 6.45) is 1.02. The van der Waals surface area contributed by atoms with Gasteiger partial charge in [0.25, 0.3) is 0 Å². The third kappa shape index (κ3) is 7.20. The number of rotatable bonds is 7. The average molecular weight is 560 g/mol. The maximum Gasteiger partial charge on any atom is 0.211 e. The van der Waals surface area contributed by atoms with Crippen molar-refractivity contribution in [3.8, 4) is 0 Å². The Balaban J connectivity index is 0.00000338. The molecule has 148 valence electrons. The fourth-order valence-corrected chi connectivity index (χ4v) is 3.84. The number of hydrogen-bond acceptors (Lipinski definition) is 4. The number of sulfonamides is 1. The molecule has 10 heteroatoms. The number of guanidine groups is 1. The predicted molar refractivity (Wildman–Crippen MR) is 122 cm³/mol. The Morgan fingerprint density at radius 3 is 2.73 bits per heavy atom. The summed E-state index contributed by atoms with van der Waals surface area (Å²) in [5.41, 5.74) is 1.20. The van der Waals surface area contributed by atoms with E-state index in [9.17, 15) is 8.42 Å². The molecule has 1 aromatic carbocycles. The highest BCUT2D eigenvalue weighted by Crippen LogP contribution is 2.28. The van der Waals surface area contributed by atoms with E-state index in [4.69, 9.17) is 0 Å². The van der Waals surface area contributed by atoms with Crippen LogP contribution in [0, 0.1) is 0 Å². The molecule has 1 unspecified atom stereocenters. The minimum Gasteiger partial charge on any atom is -0.368 e. The Hall–Kier alpha value is -0.590. The molecule has 2 rings (SSSR count). The van der Waals surface area contributed by atoms with Gasteiger partial charge in [-0.2, -0.15) is 0 Å². The highest BCUT2D eigenvalue weighted by molar-refractivity contribution is 14.0. The lowest BCUT2D eigenvalue weighted by atomic mass is 10.3. The van der Waals surface area contributed by atoms with Crippen molar-refractivity contribution in [2.45, 2.75) is 19.4 Å². The first kappa shape index (κ1) is 23.4. The van der Waals surface area contributed by atoms with Gasteiger partial charge >= 0.3 is 0 Å². The second-order valence-corrected chi connectivity index (χ2v) is 8.77. The van der Waals surface area contributed by atoms with Crippen LogP contribution in [0.1, 0.15) is 13.3 Å². The summed E-state index contributed by atoms with van der Waals surface area (Å²) >= 11 is 3.60. The summed E-state index contributed by atoms with van der Waals surface area (Å²) in [6, 6.07) is 8.51. The Bertz CT molecular complexity index is 702. The minimum atomic E-state index is -3.15. The number of nitrogens with one attached hydrogen (secondary N) is 3. The lowest BCUT2D eigenvalue weighted by Gasteiger charge is -2.21. The first-order valence-electron chi connectivity index (χ1n) is 8.39. The molecule has 0 spiro atoms. The zero-order chi connectivity index (χ0) is 18.3. The summed E-state index contributed by atoms with van der Waals surface area (Å²) < 4.78 is 26.4. The molecule has 0 aliphatic carbocycles. The largest absolute Gasteiger partial charge is 0.368 e. The van der Waals surface area contributed by atoms with Gasteiger partial charge in [-0.15, -0.1) is 24.0 Å². The molecule has 1 atom stereocenters. The van der Waals surface area contributed by atoms with E-state index in [1.165, 1.54) is 5.69 Å². The number of benzene rings is 1. The first-order valence-corrected chi connectivity index (χ1v) is 10.8. The zero-order valence-corrected chi connectivity index (χ0v) is 19.8. The van der Waals surface area contributed by atoms with Gasteiger partial charge in [-0.3, -0.25) is 4.99 Å². The summed E-state index contributed by atoms with van der Waals surface area (Å²) in [6.45, 7) is 4.32. The van der Waals surface area contributed by atoms with E-state index in [-0.39, 0.29) is 29.7 Å². The van der Waals surface area contributed by atoms with Crippen LogP contribution in [0.15, 0.2) is 33.7 Å². The van der Waals surface area contributed by atoms with Gasteiger partial charge in [0.15, 0.2) is 5.96 Å². The second-order valence-electron chi connectivity index (χ2n) is 5.82. The van der Waals surface area contributed by atoms with Gasteiger partial charge in [-0.05, 0) is 41.4 Å². The first-order chi connectivity index (χ1) is 11.9. The molecular formula is C16H27BrIN5O2S. The average Bonchev–Trinajstić information content (AvgIpc) is 3.06. The summed E-state index contributed by atoms with van der Waals surface area (Å²) in [4.78, 5) is 6.55. The van der Waals surface area contributed by atoms with E-state index in [2.05, 4.69) is 47.2 Å². The number of para-hydroxylation sites is 1. The van der Waals surface area contributed by atoms with Crippen LogP contribution in [0.5, 0.6) is 0 Å². The summed E-state index contributed by atoms with van der Waals surface area (Å²) in [5.74, 6) is 0.780. The van der Waals surface area contributed by atoms with E-state index in [0.29, 0.717) is 25.1 Å². The number of nitrogens with zero attached hydrogens (tertiary/aromatic N) is 2. The molecule has 1 heterocycles. The van der Waals surface area contributed by atoms with Crippen LogP contribution in [0.4, 0.5) is 5.69 Å². The van der Waals surface area contributed by atoms with Crippen molar-refractivity contribution in [2.75, 3.05) is 43.9 Å². The molecule has 0 aromatic heterocycles. The number of halogens is 2. The van der Waals surface area contributed by atoms with Crippen LogP contribution >= 0.6 is 39.9 Å². The molecule has 0 radical (unpaired) electrons. The van der Waals surface area contributed by atoms with Crippen LogP contribution < -0.4 is 20.3 Å². The van der Waals surface area contributed by atoms with Crippen molar-refractivity contribution < 1.29 is 8.42 Å². The molecule has 1 saturated heterocycles. The van der Waals surface area contributed by atoms with E-state index >= 15 is 0 Å². The molecule has 0 saturated carbocycles. The smallest absolute Gasteiger partial charge is 0.211 e. The molecule has 3 N–H and O–H groups in total. The normalized spacial score (nSPS) is 17.7. The molecule has 0 amide bonds. The standard InChI is InChI=1S/C16H26BrN5O2S.HI/c1-3-25(23,24)20-10-9-19-16(18-2)21-13-8-11-22(12-13)15-7-5-4-6-14(15)17;/h4-7,13,20H,3,8-12H2,1-2H3,(H2,18,19,21);1H. The van der Waals surface area contributed by atoms with Crippen LogP contribution in [0.2, 0.25) is 0 Å². The van der Waals surface area contributed by atoms with Crippen molar-refractivity contribution >= 4 is 61.6 Å². The highest BCUT2D eigenvalue weighted by atomic mass is 127. The molecule has 1 aliphatic rings. The maximum atomic E-state index is 11.4. The molecule has 0 bridgehead atoms. The lowest BCUT2D eigenvalue weighted by Crippen LogP contribution is -2.46. The van der Waals surface area contributed by atoms with E-state index < -0.39 is 10.0 Å². The maximum absolute atomic E-state index is 11.4. The van der Waals surface area contributed by atoms with Gasteiger partial charge < -0.3 is 15.5 Å². The number of anilines is 1. The van der Waals surface area contributed by atoms with Crippen molar-refractivity contribution in [3.05, 3.63) is 28.7 Å². The van der Waals surface area contributed by atoms with Gasteiger partial charge in [0, 0.05) is 43.7 Å².